The summed E-state index contributed by atoms with van der Waals surface area (Å²) in [5, 5.41) is 27.5. The van der Waals surface area contributed by atoms with Crippen LogP contribution in [-0.4, -0.2) is 46.0 Å². The van der Waals surface area contributed by atoms with Crippen LogP contribution in [0.15, 0.2) is 119 Å². The zero-order valence-corrected chi connectivity index (χ0v) is 30.3. The van der Waals surface area contributed by atoms with E-state index in [1.807, 2.05) is 74.5 Å². The number of nitrogens with zero attached hydrogens (tertiary/aromatic N) is 6. The summed E-state index contributed by atoms with van der Waals surface area (Å²) in [5.74, 6) is 2.68. The first-order valence-corrected chi connectivity index (χ1v) is 17.0. The summed E-state index contributed by atoms with van der Waals surface area (Å²) in [7, 11) is 3.35. The van der Waals surface area contributed by atoms with E-state index in [1.165, 1.54) is 11.1 Å². The standard InChI is InChI=1S/C42H42N8O2/c1-27-15-19-31(20-16-27)37-25-35(23-33-11-7-9-13-39(33)51-5)41(49-45-37)47-43-29(3)30(4)44-48-42-36(24-34-12-8-10-14-40(34)52-6)26-38(46-50-42)32-21-17-28(2)18-22-32/h7-22,25-26H,23-24H2,1-6H3,(H,47,49)(H,48,50)/b43-29+,44-30+. The molecule has 0 spiro atoms. The summed E-state index contributed by atoms with van der Waals surface area (Å²) in [6.45, 7) is 7.88. The Kier molecular flexibility index (Phi) is 11.3. The normalized spacial score (nSPS) is 11.7. The molecule has 2 heterocycles. The van der Waals surface area contributed by atoms with E-state index in [9.17, 15) is 0 Å². The molecule has 262 valence electrons. The molecule has 2 aromatic heterocycles. The Labute approximate surface area is 304 Å². The van der Waals surface area contributed by atoms with Crippen molar-refractivity contribution in [3.05, 3.63) is 143 Å². The molecule has 0 amide bonds. The average molecular weight is 691 g/mol. The van der Waals surface area contributed by atoms with E-state index in [1.54, 1.807) is 14.2 Å². The van der Waals surface area contributed by atoms with E-state index in [2.05, 4.69) is 104 Å². The third kappa shape index (κ3) is 8.65. The molecule has 0 radical (unpaired) electrons. The maximum Gasteiger partial charge on any atom is 0.172 e. The number of hydrogen-bond acceptors (Lipinski definition) is 10. The number of benzene rings is 4. The first kappa shape index (κ1) is 35.4. The van der Waals surface area contributed by atoms with Crippen molar-refractivity contribution in [3.63, 3.8) is 0 Å². The van der Waals surface area contributed by atoms with Crippen LogP contribution >= 0.6 is 0 Å². The minimum Gasteiger partial charge on any atom is -0.496 e. The Hall–Kier alpha value is -6.42. The van der Waals surface area contributed by atoms with Crippen LogP contribution in [0.3, 0.4) is 0 Å². The van der Waals surface area contributed by atoms with Gasteiger partial charge in [-0.3, -0.25) is 10.9 Å². The molecule has 0 saturated carbocycles. The topological polar surface area (TPSA) is 119 Å². The van der Waals surface area contributed by atoms with Gasteiger partial charge in [0.15, 0.2) is 11.6 Å². The third-order valence-corrected chi connectivity index (χ3v) is 8.77. The Morgan fingerprint density at radius 2 is 0.904 bits per heavy atom. The van der Waals surface area contributed by atoms with E-state index < -0.39 is 0 Å². The van der Waals surface area contributed by atoms with Gasteiger partial charge >= 0.3 is 0 Å². The highest BCUT2D eigenvalue weighted by Gasteiger charge is 2.15. The van der Waals surface area contributed by atoms with E-state index in [0.29, 0.717) is 35.9 Å². The SMILES string of the molecule is COc1ccccc1Cc1cc(-c2ccc(C)cc2)nnc1N/N=C(C)/C(C)=N/Nc1nnc(-c2ccc(C)cc2)cc1Cc1ccccc1OC. The molecule has 0 aliphatic carbocycles. The number of rotatable bonds is 13. The van der Waals surface area contributed by atoms with Gasteiger partial charge in [0.2, 0.25) is 0 Å². The number of hydrogen-bond donors (Lipinski definition) is 2. The molecule has 52 heavy (non-hydrogen) atoms. The molecule has 0 bridgehead atoms. The second-order valence-electron chi connectivity index (χ2n) is 12.5. The van der Waals surface area contributed by atoms with Crippen molar-refractivity contribution in [3.8, 4) is 34.0 Å². The minimum absolute atomic E-state index is 0.540. The smallest absolute Gasteiger partial charge is 0.172 e. The second-order valence-corrected chi connectivity index (χ2v) is 12.5. The van der Waals surface area contributed by atoms with Crippen molar-refractivity contribution in [2.24, 2.45) is 10.2 Å². The zero-order valence-electron chi connectivity index (χ0n) is 30.3. The van der Waals surface area contributed by atoms with Crippen molar-refractivity contribution in [2.45, 2.75) is 40.5 Å². The maximum absolute atomic E-state index is 5.64. The van der Waals surface area contributed by atoms with E-state index >= 15 is 0 Å². The van der Waals surface area contributed by atoms with Crippen LogP contribution in [-0.2, 0) is 12.8 Å². The quantitative estimate of drug-likeness (QED) is 0.0913. The average Bonchev–Trinajstić information content (AvgIpc) is 3.17. The fraction of sp³-hybridized carbons (Fsp3) is 0.190. The largest absolute Gasteiger partial charge is 0.496 e. The third-order valence-electron chi connectivity index (χ3n) is 8.77. The van der Waals surface area contributed by atoms with Gasteiger partial charge in [0.25, 0.3) is 0 Å². The minimum atomic E-state index is 0.540. The predicted octanol–water partition coefficient (Wildman–Crippen LogP) is 8.69. The number of aryl methyl sites for hydroxylation is 2. The summed E-state index contributed by atoms with van der Waals surface area (Å²) in [6, 6.07) is 36.5. The molecule has 4 aromatic carbocycles. The maximum atomic E-state index is 5.64. The lowest BCUT2D eigenvalue weighted by atomic mass is 10.0. The van der Waals surface area contributed by atoms with Gasteiger partial charge in [0.1, 0.15) is 11.5 Å². The number of ether oxygens (including phenoxy) is 2. The summed E-state index contributed by atoms with van der Waals surface area (Å²) in [5.41, 5.74) is 17.4. The van der Waals surface area contributed by atoms with Crippen molar-refractivity contribution in [1.82, 2.24) is 20.4 Å². The lowest BCUT2D eigenvalue weighted by molar-refractivity contribution is 0.410. The van der Waals surface area contributed by atoms with Crippen LogP contribution in [0.5, 0.6) is 11.5 Å². The zero-order chi connectivity index (χ0) is 36.5. The van der Waals surface area contributed by atoms with E-state index in [4.69, 9.17) is 9.47 Å². The van der Waals surface area contributed by atoms with Crippen molar-refractivity contribution in [1.29, 1.82) is 0 Å². The van der Waals surface area contributed by atoms with Gasteiger partial charge < -0.3 is 9.47 Å². The van der Waals surface area contributed by atoms with Crippen LogP contribution < -0.4 is 20.3 Å². The van der Waals surface area contributed by atoms with Crippen molar-refractivity contribution >= 4 is 23.1 Å². The molecule has 0 atom stereocenters. The van der Waals surface area contributed by atoms with Gasteiger partial charge in [0, 0.05) is 35.1 Å². The van der Waals surface area contributed by atoms with Crippen LogP contribution in [0.4, 0.5) is 11.6 Å². The summed E-state index contributed by atoms with van der Waals surface area (Å²) < 4.78 is 11.3. The summed E-state index contributed by atoms with van der Waals surface area (Å²) >= 11 is 0. The molecule has 0 aliphatic rings. The van der Waals surface area contributed by atoms with Crippen molar-refractivity contribution in [2.75, 3.05) is 25.1 Å². The Morgan fingerprint density at radius 3 is 1.29 bits per heavy atom. The summed E-state index contributed by atoms with van der Waals surface area (Å²) in [4.78, 5) is 0. The highest BCUT2D eigenvalue weighted by Crippen LogP contribution is 2.29. The Bertz CT molecular complexity index is 2060. The molecule has 0 fully saturated rings. The van der Waals surface area contributed by atoms with Gasteiger partial charge in [-0.2, -0.15) is 10.2 Å². The molecule has 10 heteroatoms. The molecule has 0 saturated heterocycles. The molecule has 0 aliphatic heterocycles. The van der Waals surface area contributed by atoms with Crippen LogP contribution in [0.1, 0.15) is 47.2 Å². The van der Waals surface area contributed by atoms with Gasteiger partial charge in [-0.1, -0.05) is 96.1 Å². The van der Waals surface area contributed by atoms with Crippen LogP contribution in [0, 0.1) is 13.8 Å². The molecule has 2 N–H and O–H groups in total. The van der Waals surface area contributed by atoms with Gasteiger partial charge in [-0.15, -0.1) is 20.4 Å². The number of hydrazone groups is 2. The first-order valence-electron chi connectivity index (χ1n) is 17.0. The fourth-order valence-corrected chi connectivity index (χ4v) is 5.59. The van der Waals surface area contributed by atoms with Gasteiger partial charge in [0.05, 0.1) is 37.0 Å². The van der Waals surface area contributed by atoms with Crippen LogP contribution in [0.2, 0.25) is 0 Å². The highest BCUT2D eigenvalue weighted by atomic mass is 16.5. The monoisotopic (exact) mass is 690 g/mol. The number of anilines is 2. The number of aromatic nitrogens is 4. The van der Waals surface area contributed by atoms with Crippen molar-refractivity contribution < 1.29 is 9.47 Å². The van der Waals surface area contributed by atoms with E-state index in [-0.39, 0.29) is 0 Å². The molecular formula is C42H42N8O2. The number of methoxy groups -OCH3 is 2. The molecule has 10 nitrogen and oxygen atoms in total. The lowest BCUT2D eigenvalue weighted by Crippen LogP contribution is -2.13. The van der Waals surface area contributed by atoms with E-state index in [0.717, 1.165) is 56.3 Å². The highest BCUT2D eigenvalue weighted by molar-refractivity contribution is 6.40. The molecule has 0 unspecified atom stereocenters. The fourth-order valence-electron chi connectivity index (χ4n) is 5.59. The number of para-hydroxylation sites is 2. The lowest BCUT2D eigenvalue weighted by Gasteiger charge is -2.13. The second kappa shape index (κ2) is 16.5. The van der Waals surface area contributed by atoms with Gasteiger partial charge in [-0.25, -0.2) is 0 Å². The summed E-state index contributed by atoms with van der Waals surface area (Å²) in [6.07, 6.45) is 1.13. The Balaban J connectivity index is 1.26. The Morgan fingerprint density at radius 1 is 0.519 bits per heavy atom. The molecule has 6 rings (SSSR count). The predicted molar refractivity (Wildman–Crippen MR) is 209 cm³/mol. The van der Waals surface area contributed by atoms with Gasteiger partial charge in [-0.05, 0) is 63.1 Å². The van der Waals surface area contributed by atoms with Crippen LogP contribution in [0.25, 0.3) is 22.5 Å². The molecule has 6 aromatic rings. The molecular weight excluding hydrogens is 649 g/mol. The number of nitrogens with one attached hydrogen (secondary N) is 2. The first-order chi connectivity index (χ1) is 25.3.